The summed E-state index contributed by atoms with van der Waals surface area (Å²) in [6, 6.07) is 11.3. The van der Waals surface area contributed by atoms with Gasteiger partial charge in [-0.1, -0.05) is 55.6 Å². The van der Waals surface area contributed by atoms with Crippen LogP contribution in [0.4, 0.5) is 0 Å². The van der Waals surface area contributed by atoms with Crippen LogP contribution in [0.3, 0.4) is 0 Å². The Labute approximate surface area is 102 Å². The van der Waals surface area contributed by atoms with Crippen molar-refractivity contribution in [2.45, 2.75) is 45.2 Å². The first-order valence-corrected chi connectivity index (χ1v) is 8.22. The molecule has 16 heavy (non-hydrogen) atoms. The Hall–Kier alpha value is -0.823. The van der Waals surface area contributed by atoms with Gasteiger partial charge < -0.3 is 0 Å². The zero-order chi connectivity index (χ0) is 11.8. The molecule has 1 heteroatoms. The van der Waals surface area contributed by atoms with Crippen molar-refractivity contribution < 1.29 is 0 Å². The van der Waals surface area contributed by atoms with Crippen LogP contribution in [0.25, 0.3) is 0 Å². The maximum absolute atomic E-state index is 3.83. The van der Waals surface area contributed by atoms with Gasteiger partial charge in [0.05, 0.1) is 8.80 Å². The largest absolute Gasteiger partial charge is 0.107 e. The van der Waals surface area contributed by atoms with Crippen LogP contribution in [0, 0.1) is 13.8 Å². The van der Waals surface area contributed by atoms with E-state index in [9.17, 15) is 0 Å². The SMILES string of the molecule is C=C[Si]1CCCCC1.Cc1ccccc1C. The Bertz CT molecular complexity index is 290. The summed E-state index contributed by atoms with van der Waals surface area (Å²) in [4.78, 5) is 0. The normalized spacial score (nSPS) is 16.1. The van der Waals surface area contributed by atoms with Gasteiger partial charge in [-0.15, -0.1) is 12.3 Å². The standard InChI is InChI=1S/C8H10.C7H13Si/c1-7-5-3-4-6-8(7)2;1-2-8-6-4-3-5-7-8/h3-6H,1-2H3;2H,1,3-7H2. The molecular weight excluding hydrogens is 208 g/mol. The third-order valence-corrected chi connectivity index (χ3v) is 5.78. The average Bonchev–Trinajstić information content (AvgIpc) is 2.35. The van der Waals surface area contributed by atoms with Crippen LogP contribution < -0.4 is 0 Å². The molecule has 1 aromatic rings. The lowest BCUT2D eigenvalue weighted by atomic mass is 10.1. The van der Waals surface area contributed by atoms with Gasteiger partial charge in [-0.2, -0.15) is 0 Å². The molecule has 2 rings (SSSR count). The maximum Gasteiger partial charge on any atom is 0.0750 e. The molecule has 1 aromatic carbocycles. The lowest BCUT2D eigenvalue weighted by Crippen LogP contribution is -2.11. The topological polar surface area (TPSA) is 0 Å². The predicted octanol–water partition coefficient (Wildman–Crippen LogP) is 4.69. The summed E-state index contributed by atoms with van der Waals surface area (Å²) in [7, 11) is -0.0235. The summed E-state index contributed by atoms with van der Waals surface area (Å²) in [6.45, 7) is 8.07. The van der Waals surface area contributed by atoms with Crippen LogP contribution in [0.1, 0.15) is 30.4 Å². The molecule has 0 aliphatic carbocycles. The number of benzene rings is 1. The second-order valence-electron chi connectivity index (χ2n) is 4.51. The quantitative estimate of drug-likeness (QED) is 0.615. The molecule has 1 aliphatic rings. The van der Waals surface area contributed by atoms with Gasteiger partial charge in [0.15, 0.2) is 0 Å². The summed E-state index contributed by atoms with van der Waals surface area (Å²) in [5, 5.41) is 0. The summed E-state index contributed by atoms with van der Waals surface area (Å²) in [5.41, 5.74) is 4.95. The Balaban J connectivity index is 0.000000160. The van der Waals surface area contributed by atoms with Crippen LogP contribution in [-0.4, -0.2) is 8.80 Å². The molecule has 0 unspecified atom stereocenters. The summed E-state index contributed by atoms with van der Waals surface area (Å²) < 4.78 is 0. The van der Waals surface area contributed by atoms with Crippen LogP contribution in [0.2, 0.25) is 12.1 Å². The molecule has 0 N–H and O–H groups in total. The summed E-state index contributed by atoms with van der Waals surface area (Å²) >= 11 is 0. The molecule has 1 heterocycles. The first-order valence-electron chi connectivity index (χ1n) is 6.23. The van der Waals surface area contributed by atoms with E-state index >= 15 is 0 Å². The summed E-state index contributed by atoms with van der Waals surface area (Å²) in [6.07, 6.45) is 4.42. The highest BCUT2D eigenvalue weighted by Crippen LogP contribution is 2.18. The van der Waals surface area contributed by atoms with Crippen molar-refractivity contribution in [1.82, 2.24) is 0 Å². The molecular formula is C15H23Si. The van der Waals surface area contributed by atoms with Crippen molar-refractivity contribution in [3.05, 3.63) is 47.7 Å². The van der Waals surface area contributed by atoms with Crippen molar-refractivity contribution in [3.63, 3.8) is 0 Å². The molecule has 1 fully saturated rings. The minimum absolute atomic E-state index is 0.0235. The molecule has 0 spiro atoms. The van der Waals surface area contributed by atoms with E-state index in [0.29, 0.717) is 0 Å². The van der Waals surface area contributed by atoms with Gasteiger partial charge in [-0.3, -0.25) is 0 Å². The molecule has 0 bridgehead atoms. The first kappa shape index (κ1) is 13.2. The number of rotatable bonds is 1. The number of aryl methyl sites for hydroxylation is 2. The smallest absolute Gasteiger partial charge is 0.0750 e. The lowest BCUT2D eigenvalue weighted by Gasteiger charge is -2.14. The molecule has 0 amide bonds. The van der Waals surface area contributed by atoms with Crippen LogP contribution in [-0.2, 0) is 0 Å². The molecule has 0 atom stereocenters. The van der Waals surface area contributed by atoms with Crippen molar-refractivity contribution in [2.24, 2.45) is 0 Å². The van der Waals surface area contributed by atoms with Crippen molar-refractivity contribution in [1.29, 1.82) is 0 Å². The third kappa shape index (κ3) is 4.80. The van der Waals surface area contributed by atoms with Gasteiger partial charge in [-0.25, -0.2) is 0 Å². The average molecular weight is 231 g/mol. The van der Waals surface area contributed by atoms with Crippen LogP contribution >= 0.6 is 0 Å². The second-order valence-corrected chi connectivity index (χ2v) is 7.23. The third-order valence-electron chi connectivity index (χ3n) is 3.21. The monoisotopic (exact) mass is 231 g/mol. The maximum atomic E-state index is 3.83. The predicted molar refractivity (Wildman–Crippen MR) is 75.3 cm³/mol. The van der Waals surface area contributed by atoms with Crippen molar-refractivity contribution >= 4 is 8.80 Å². The molecule has 0 nitrogen and oxygen atoms in total. The minimum atomic E-state index is -0.0235. The molecule has 0 aromatic heterocycles. The van der Waals surface area contributed by atoms with Gasteiger partial charge in [0, 0.05) is 0 Å². The van der Waals surface area contributed by atoms with Gasteiger partial charge in [0.25, 0.3) is 0 Å². The fraction of sp³-hybridized carbons (Fsp3) is 0.467. The van der Waals surface area contributed by atoms with E-state index in [4.69, 9.17) is 0 Å². The Kier molecular flexibility index (Phi) is 6.17. The zero-order valence-electron chi connectivity index (χ0n) is 10.6. The van der Waals surface area contributed by atoms with Gasteiger partial charge in [0.2, 0.25) is 0 Å². The molecule has 0 saturated carbocycles. The first-order chi connectivity index (χ1) is 7.74. The highest BCUT2D eigenvalue weighted by atomic mass is 28.3. The number of hydrogen-bond acceptors (Lipinski definition) is 0. The van der Waals surface area contributed by atoms with E-state index in [1.807, 2.05) is 0 Å². The summed E-state index contributed by atoms with van der Waals surface area (Å²) in [5.74, 6) is 0. The Morgan fingerprint density at radius 1 is 1.00 bits per heavy atom. The fourth-order valence-corrected chi connectivity index (χ4v) is 3.94. The zero-order valence-corrected chi connectivity index (χ0v) is 11.6. The van der Waals surface area contributed by atoms with E-state index < -0.39 is 0 Å². The molecule has 1 aliphatic heterocycles. The van der Waals surface area contributed by atoms with Gasteiger partial charge in [0.1, 0.15) is 0 Å². The molecule has 1 radical (unpaired) electrons. The van der Waals surface area contributed by atoms with E-state index in [1.54, 1.807) is 0 Å². The number of hydrogen-bond donors (Lipinski definition) is 0. The van der Waals surface area contributed by atoms with Crippen LogP contribution in [0.15, 0.2) is 36.5 Å². The Morgan fingerprint density at radius 3 is 1.81 bits per heavy atom. The van der Waals surface area contributed by atoms with Gasteiger partial charge >= 0.3 is 0 Å². The van der Waals surface area contributed by atoms with E-state index in [1.165, 1.54) is 42.5 Å². The minimum Gasteiger partial charge on any atom is -0.107 e. The van der Waals surface area contributed by atoms with Crippen LogP contribution in [0.5, 0.6) is 0 Å². The Morgan fingerprint density at radius 2 is 1.50 bits per heavy atom. The highest BCUT2D eigenvalue weighted by molar-refractivity contribution is 6.64. The van der Waals surface area contributed by atoms with Gasteiger partial charge in [-0.05, 0) is 25.0 Å². The molecule has 1 saturated heterocycles. The van der Waals surface area contributed by atoms with E-state index in [0.717, 1.165) is 0 Å². The fourth-order valence-electron chi connectivity index (χ4n) is 1.87. The van der Waals surface area contributed by atoms with E-state index in [-0.39, 0.29) is 8.80 Å². The second kappa shape index (κ2) is 7.45. The van der Waals surface area contributed by atoms with Crippen molar-refractivity contribution in [2.75, 3.05) is 0 Å². The van der Waals surface area contributed by atoms with E-state index in [2.05, 4.69) is 50.4 Å². The highest BCUT2D eigenvalue weighted by Gasteiger charge is 2.10. The molecule has 87 valence electrons. The van der Waals surface area contributed by atoms with Crippen molar-refractivity contribution in [3.8, 4) is 0 Å². The lowest BCUT2D eigenvalue weighted by molar-refractivity contribution is 0.727.